The lowest BCUT2D eigenvalue weighted by molar-refractivity contribution is -0.137. The number of ether oxygens (including phenoxy) is 2. The molecule has 1 amide bonds. The fourth-order valence-electron chi connectivity index (χ4n) is 4.89. The molecular weight excluding hydrogens is 527 g/mol. The lowest BCUT2D eigenvalue weighted by atomic mass is 9.78. The lowest BCUT2D eigenvalue weighted by Gasteiger charge is -2.56. The molecule has 0 aromatic heterocycles. The zero-order chi connectivity index (χ0) is 26.5. The van der Waals surface area contributed by atoms with Crippen molar-refractivity contribution in [2.45, 2.75) is 24.9 Å². The average molecular weight is 548 g/mol. The Morgan fingerprint density at radius 3 is 2.54 bits per heavy atom. The Bertz CT molecular complexity index is 1390. The predicted molar refractivity (Wildman–Crippen MR) is 138 cm³/mol. The van der Waals surface area contributed by atoms with Crippen molar-refractivity contribution in [2.75, 3.05) is 17.3 Å². The summed E-state index contributed by atoms with van der Waals surface area (Å²) in [5.74, 6) is -0.566. The second-order valence-electron chi connectivity index (χ2n) is 8.82. The van der Waals surface area contributed by atoms with Crippen LogP contribution in [0.2, 0.25) is 5.02 Å². The van der Waals surface area contributed by atoms with Crippen LogP contribution in [0.4, 0.5) is 24.5 Å². The zero-order valence-corrected chi connectivity index (χ0v) is 21.2. The van der Waals surface area contributed by atoms with Crippen molar-refractivity contribution < 1.29 is 27.4 Å². The topological polar surface area (TPSA) is 62.8 Å². The molecule has 3 atom stereocenters. The van der Waals surface area contributed by atoms with Crippen molar-refractivity contribution in [1.82, 2.24) is 5.32 Å². The maximum Gasteiger partial charge on any atom is 0.416 e. The van der Waals surface area contributed by atoms with E-state index < -0.39 is 35.3 Å². The number of rotatable bonds is 4. The number of alkyl halides is 3. The second kappa shape index (κ2) is 9.11. The van der Waals surface area contributed by atoms with Gasteiger partial charge in [0.05, 0.1) is 18.7 Å². The van der Waals surface area contributed by atoms with E-state index in [2.05, 4.69) is 10.6 Å². The molecule has 5 rings (SSSR count). The van der Waals surface area contributed by atoms with Crippen molar-refractivity contribution in [1.29, 1.82) is 0 Å². The number of carbonyl (C=O) groups excluding carboxylic acids is 1. The summed E-state index contributed by atoms with van der Waals surface area (Å²) in [7, 11) is 1.49. The quantitative estimate of drug-likeness (QED) is 0.381. The molecule has 11 heteroatoms. The maximum atomic E-state index is 13.8. The number of nitrogens with zero attached hydrogens (tertiary/aromatic N) is 1. The summed E-state index contributed by atoms with van der Waals surface area (Å²) in [6.45, 7) is 1.63. The molecule has 0 unspecified atom stereocenters. The molecule has 37 heavy (non-hydrogen) atoms. The molecule has 3 aromatic rings. The first kappa shape index (κ1) is 25.2. The van der Waals surface area contributed by atoms with E-state index in [4.69, 9.17) is 33.3 Å². The average Bonchev–Trinajstić information content (AvgIpc) is 2.84. The van der Waals surface area contributed by atoms with Gasteiger partial charge in [-0.25, -0.2) is 0 Å². The number of carbonyl (C=O) groups is 1. The molecule has 1 saturated heterocycles. The van der Waals surface area contributed by atoms with Gasteiger partial charge in [0.15, 0.2) is 22.3 Å². The van der Waals surface area contributed by atoms with Crippen LogP contribution in [0.25, 0.3) is 0 Å². The van der Waals surface area contributed by atoms with Crippen LogP contribution >= 0.6 is 23.8 Å². The van der Waals surface area contributed by atoms with Gasteiger partial charge >= 0.3 is 6.18 Å². The van der Waals surface area contributed by atoms with Gasteiger partial charge in [-0.1, -0.05) is 29.8 Å². The van der Waals surface area contributed by atoms with Crippen LogP contribution < -0.4 is 25.0 Å². The monoisotopic (exact) mass is 547 g/mol. The number of benzene rings is 3. The van der Waals surface area contributed by atoms with Crippen molar-refractivity contribution in [3.8, 4) is 11.5 Å². The molecule has 192 valence electrons. The first-order chi connectivity index (χ1) is 17.5. The SMILES string of the molecule is COc1cccc2c1O[C@@]1(C)[C@H](C(=O)Nc3ccc(Cl)cc3)[C@H]2NC(=S)N1c1cccc(C(F)(F)F)c1. The minimum Gasteiger partial charge on any atom is -0.493 e. The van der Waals surface area contributed by atoms with Gasteiger partial charge in [0, 0.05) is 22.0 Å². The number of thiocarbonyl (C=S) groups is 1. The van der Waals surface area contributed by atoms with Crippen molar-refractivity contribution in [2.24, 2.45) is 5.92 Å². The highest BCUT2D eigenvalue weighted by atomic mass is 35.5. The third-order valence-corrected chi connectivity index (χ3v) is 7.09. The predicted octanol–water partition coefficient (Wildman–Crippen LogP) is 6.17. The summed E-state index contributed by atoms with van der Waals surface area (Å²) in [4.78, 5) is 15.2. The van der Waals surface area contributed by atoms with Gasteiger partial charge in [0.1, 0.15) is 5.92 Å². The largest absolute Gasteiger partial charge is 0.493 e. The summed E-state index contributed by atoms with van der Waals surface area (Å²) in [6, 6.07) is 15.9. The molecule has 6 nitrogen and oxygen atoms in total. The summed E-state index contributed by atoms with van der Waals surface area (Å²) in [6.07, 6.45) is -4.57. The highest BCUT2D eigenvalue weighted by Gasteiger charge is 2.59. The molecule has 0 radical (unpaired) electrons. The zero-order valence-electron chi connectivity index (χ0n) is 19.6. The maximum absolute atomic E-state index is 13.8. The van der Waals surface area contributed by atoms with E-state index in [-0.39, 0.29) is 10.8 Å². The van der Waals surface area contributed by atoms with Gasteiger partial charge in [0.25, 0.3) is 0 Å². The van der Waals surface area contributed by atoms with E-state index >= 15 is 0 Å². The smallest absolute Gasteiger partial charge is 0.416 e. The highest BCUT2D eigenvalue weighted by Crippen LogP contribution is 2.52. The van der Waals surface area contributed by atoms with E-state index in [1.165, 1.54) is 24.1 Å². The van der Waals surface area contributed by atoms with E-state index in [0.717, 1.165) is 12.1 Å². The fourth-order valence-corrected chi connectivity index (χ4v) is 5.43. The number of fused-ring (bicyclic) bond motifs is 4. The number of hydrogen-bond donors (Lipinski definition) is 2. The van der Waals surface area contributed by atoms with Gasteiger partial charge in [0.2, 0.25) is 5.91 Å². The van der Waals surface area contributed by atoms with Gasteiger partial charge < -0.3 is 20.1 Å². The number of anilines is 2. The first-order valence-electron chi connectivity index (χ1n) is 11.2. The van der Waals surface area contributed by atoms with Crippen LogP contribution in [-0.4, -0.2) is 23.9 Å². The molecule has 0 saturated carbocycles. The summed E-state index contributed by atoms with van der Waals surface area (Å²) in [5.41, 5.74) is -1.11. The summed E-state index contributed by atoms with van der Waals surface area (Å²) >= 11 is 11.6. The molecule has 2 aliphatic heterocycles. The molecule has 2 aliphatic rings. The molecule has 2 heterocycles. The first-order valence-corrected chi connectivity index (χ1v) is 12.0. The van der Waals surface area contributed by atoms with Crippen LogP contribution in [0.3, 0.4) is 0 Å². The Balaban J connectivity index is 1.65. The Morgan fingerprint density at radius 2 is 1.86 bits per heavy atom. The minimum atomic E-state index is -4.57. The van der Waals surface area contributed by atoms with Crippen LogP contribution in [0.5, 0.6) is 11.5 Å². The highest BCUT2D eigenvalue weighted by molar-refractivity contribution is 7.80. The Hall–Kier alpha value is -3.50. The number of amides is 1. The van der Waals surface area contributed by atoms with Crippen LogP contribution in [0.15, 0.2) is 66.7 Å². The molecule has 2 bridgehead atoms. The van der Waals surface area contributed by atoms with Gasteiger partial charge in [-0.2, -0.15) is 13.2 Å². The van der Waals surface area contributed by atoms with E-state index in [1.54, 1.807) is 49.4 Å². The molecule has 0 aliphatic carbocycles. The molecular formula is C26H21ClF3N3O3S. The normalized spacial score (nSPS) is 22.4. The summed E-state index contributed by atoms with van der Waals surface area (Å²) in [5, 5.41) is 6.67. The molecule has 1 fully saturated rings. The molecule has 2 N–H and O–H groups in total. The number of methoxy groups -OCH3 is 1. The van der Waals surface area contributed by atoms with E-state index in [9.17, 15) is 18.0 Å². The van der Waals surface area contributed by atoms with Crippen molar-refractivity contribution in [3.05, 3.63) is 82.9 Å². The van der Waals surface area contributed by atoms with Crippen LogP contribution in [-0.2, 0) is 11.0 Å². The third kappa shape index (κ3) is 4.34. The molecule has 0 spiro atoms. The van der Waals surface area contributed by atoms with Crippen LogP contribution in [0, 0.1) is 5.92 Å². The van der Waals surface area contributed by atoms with E-state index in [0.29, 0.717) is 27.8 Å². The number of nitrogens with one attached hydrogen (secondary N) is 2. The van der Waals surface area contributed by atoms with Gasteiger partial charge in [-0.3, -0.25) is 9.69 Å². The number of para-hydroxylation sites is 1. The minimum absolute atomic E-state index is 0.121. The van der Waals surface area contributed by atoms with Gasteiger partial charge in [-0.05, 0) is 67.7 Å². The number of hydrogen-bond acceptors (Lipinski definition) is 4. The standard InChI is InChI=1S/C26H21ClF3N3O3S/c1-25-20(23(34)31-16-11-9-15(27)10-12-16)21(18-7-4-8-19(35-2)22(18)36-25)32-24(37)33(25)17-6-3-5-14(13-17)26(28,29)30/h3-13,20-21H,1-2H3,(H,31,34)(H,32,37)/t20-,21-,25-/m0/s1. The Labute approximate surface area is 221 Å². The lowest BCUT2D eigenvalue weighted by Crippen LogP contribution is -2.72. The Kier molecular flexibility index (Phi) is 6.19. The second-order valence-corrected chi connectivity index (χ2v) is 9.64. The van der Waals surface area contributed by atoms with Gasteiger partial charge in [-0.15, -0.1) is 0 Å². The number of halogens is 4. The molecule has 3 aromatic carbocycles. The third-order valence-electron chi connectivity index (χ3n) is 6.54. The summed E-state index contributed by atoms with van der Waals surface area (Å²) < 4.78 is 52.7. The van der Waals surface area contributed by atoms with Crippen molar-refractivity contribution >= 4 is 46.2 Å². The Morgan fingerprint density at radius 1 is 1.16 bits per heavy atom. The fraction of sp³-hybridized carbons (Fsp3) is 0.231. The van der Waals surface area contributed by atoms with Crippen molar-refractivity contribution in [3.63, 3.8) is 0 Å². The van der Waals surface area contributed by atoms with Crippen LogP contribution in [0.1, 0.15) is 24.1 Å². The van der Waals surface area contributed by atoms with E-state index in [1.807, 2.05) is 0 Å².